The molecule has 0 radical (unpaired) electrons. The van der Waals surface area contributed by atoms with Gasteiger partial charge in [-0.05, 0) is 6.07 Å². The summed E-state index contributed by atoms with van der Waals surface area (Å²) in [5.41, 5.74) is 5.24. The van der Waals surface area contributed by atoms with E-state index in [0.717, 1.165) is 0 Å². The fourth-order valence-corrected chi connectivity index (χ4v) is 2.64. The summed E-state index contributed by atoms with van der Waals surface area (Å²) < 4.78 is 30.5. The van der Waals surface area contributed by atoms with Crippen LogP contribution in [0.4, 0.5) is 0 Å². The van der Waals surface area contributed by atoms with E-state index in [1.807, 2.05) is 0 Å². The minimum atomic E-state index is -3.64. The van der Waals surface area contributed by atoms with Gasteiger partial charge in [0.1, 0.15) is 0 Å². The van der Waals surface area contributed by atoms with Crippen LogP contribution in [0.5, 0.6) is 0 Å². The Balaban J connectivity index is 2.84. The Morgan fingerprint density at radius 1 is 1.61 bits per heavy atom. The minimum Gasteiger partial charge on any atom is -0.388 e. The van der Waals surface area contributed by atoms with Gasteiger partial charge >= 0.3 is 0 Å². The van der Waals surface area contributed by atoms with Crippen molar-refractivity contribution in [2.24, 2.45) is 5.73 Å². The highest BCUT2D eigenvalue weighted by molar-refractivity contribution is 7.89. The summed E-state index contributed by atoms with van der Waals surface area (Å²) in [5, 5.41) is 13.2. The van der Waals surface area contributed by atoms with Gasteiger partial charge in [-0.25, -0.2) is 8.42 Å². The van der Waals surface area contributed by atoms with Crippen molar-refractivity contribution in [1.82, 2.24) is 14.5 Å². The van der Waals surface area contributed by atoms with Crippen LogP contribution in [0.2, 0.25) is 0 Å². The van der Waals surface area contributed by atoms with Crippen molar-refractivity contribution in [3.63, 3.8) is 0 Å². The van der Waals surface area contributed by atoms with E-state index in [1.165, 1.54) is 23.7 Å². The van der Waals surface area contributed by atoms with Crippen LogP contribution in [0.3, 0.4) is 0 Å². The first-order valence-electron chi connectivity index (χ1n) is 5.30. The second-order valence-electron chi connectivity index (χ2n) is 3.59. The van der Waals surface area contributed by atoms with E-state index in [4.69, 9.17) is 15.9 Å². The van der Waals surface area contributed by atoms with Crippen LogP contribution in [0.25, 0.3) is 0 Å². The molecule has 1 rings (SSSR count). The molecule has 0 aromatic carbocycles. The Labute approximate surface area is 106 Å². The molecular weight excluding hydrogens is 258 g/mol. The van der Waals surface area contributed by atoms with E-state index in [0.29, 0.717) is 0 Å². The molecule has 1 aromatic rings. The largest absolute Gasteiger partial charge is 0.388 e. The zero-order valence-electron chi connectivity index (χ0n) is 10.1. The number of hydrogen-bond acceptors (Lipinski definition) is 5. The third kappa shape index (κ3) is 3.79. The highest BCUT2D eigenvalue weighted by Crippen LogP contribution is 2.12. The zero-order chi connectivity index (χ0) is 13.6. The Hall–Kier alpha value is -1.45. The number of H-pyrrole nitrogens is 1. The molecule has 4 N–H and O–H groups in total. The number of aromatic nitrogens is 2. The first-order valence-corrected chi connectivity index (χ1v) is 6.74. The van der Waals surface area contributed by atoms with Crippen LogP contribution < -0.4 is 5.73 Å². The number of nitrogens with zero attached hydrogens (tertiary/aromatic N) is 2. The molecule has 0 aliphatic heterocycles. The van der Waals surface area contributed by atoms with E-state index in [9.17, 15) is 8.42 Å². The van der Waals surface area contributed by atoms with Crippen LogP contribution in [0.15, 0.2) is 17.3 Å². The summed E-state index contributed by atoms with van der Waals surface area (Å²) in [5.74, 6) is -0.0581. The van der Waals surface area contributed by atoms with Crippen molar-refractivity contribution >= 4 is 15.9 Å². The fourth-order valence-electron chi connectivity index (χ4n) is 1.32. The normalized spacial score (nSPS) is 11.9. The van der Waals surface area contributed by atoms with Gasteiger partial charge in [-0.1, -0.05) is 0 Å². The molecule has 9 heteroatoms. The van der Waals surface area contributed by atoms with Crippen LogP contribution in [0.1, 0.15) is 6.42 Å². The quantitative estimate of drug-likeness (QED) is 0.430. The van der Waals surface area contributed by atoms with Gasteiger partial charge in [-0.3, -0.25) is 10.5 Å². The number of methoxy groups -OCH3 is 1. The summed E-state index contributed by atoms with van der Waals surface area (Å²) in [6.45, 7) is 0.608. The number of ether oxygens (including phenoxy) is 1. The molecule has 0 atom stereocenters. The summed E-state index contributed by atoms with van der Waals surface area (Å²) >= 11 is 0. The number of hydrogen-bond donors (Lipinski definition) is 3. The molecular formula is C9H17N5O3S. The average molecular weight is 275 g/mol. The van der Waals surface area contributed by atoms with Crippen molar-refractivity contribution in [1.29, 1.82) is 5.41 Å². The molecule has 0 saturated heterocycles. The first kappa shape index (κ1) is 14.6. The third-order valence-corrected chi connectivity index (χ3v) is 4.10. The Morgan fingerprint density at radius 3 is 2.83 bits per heavy atom. The minimum absolute atomic E-state index is 0.0159. The molecule has 0 aliphatic carbocycles. The summed E-state index contributed by atoms with van der Waals surface area (Å²) in [7, 11) is -2.15. The van der Waals surface area contributed by atoms with Crippen molar-refractivity contribution in [3.8, 4) is 0 Å². The van der Waals surface area contributed by atoms with Crippen LogP contribution in [-0.2, 0) is 14.8 Å². The number of sulfonamides is 1. The summed E-state index contributed by atoms with van der Waals surface area (Å²) in [4.78, 5) is 0. The molecule has 1 aromatic heterocycles. The summed E-state index contributed by atoms with van der Waals surface area (Å²) in [6.07, 6.45) is 1.55. The topological polar surface area (TPSA) is 125 Å². The Morgan fingerprint density at radius 2 is 2.33 bits per heavy atom. The van der Waals surface area contributed by atoms with Gasteiger partial charge in [0.2, 0.25) is 0 Å². The van der Waals surface area contributed by atoms with Crippen LogP contribution in [0, 0.1) is 5.41 Å². The number of nitrogens with two attached hydrogens (primary N) is 1. The van der Waals surface area contributed by atoms with Gasteiger partial charge in [0.25, 0.3) is 10.0 Å². The lowest BCUT2D eigenvalue weighted by Gasteiger charge is -2.20. The van der Waals surface area contributed by atoms with Gasteiger partial charge in [-0.2, -0.15) is 9.40 Å². The molecule has 0 aliphatic rings. The number of rotatable bonds is 8. The number of aromatic amines is 1. The Kier molecular flexibility index (Phi) is 5.25. The second-order valence-corrected chi connectivity index (χ2v) is 5.50. The van der Waals surface area contributed by atoms with Crippen molar-refractivity contribution in [2.45, 2.75) is 11.4 Å². The van der Waals surface area contributed by atoms with Gasteiger partial charge in [0.05, 0.1) is 18.6 Å². The van der Waals surface area contributed by atoms with Gasteiger partial charge in [-0.15, -0.1) is 0 Å². The molecule has 102 valence electrons. The average Bonchev–Trinajstić information content (AvgIpc) is 2.82. The second kappa shape index (κ2) is 6.47. The lowest BCUT2D eigenvalue weighted by Crippen LogP contribution is -2.36. The zero-order valence-corrected chi connectivity index (χ0v) is 10.9. The lowest BCUT2D eigenvalue weighted by atomic mass is 10.4. The molecule has 0 bridgehead atoms. The molecule has 0 spiro atoms. The van der Waals surface area contributed by atoms with Crippen molar-refractivity contribution in [2.75, 3.05) is 26.8 Å². The monoisotopic (exact) mass is 275 g/mol. The summed E-state index contributed by atoms with van der Waals surface area (Å²) in [6, 6.07) is 1.38. The molecule has 0 amide bonds. The maximum Gasteiger partial charge on any atom is 0.260 e. The molecule has 0 saturated carbocycles. The molecule has 18 heavy (non-hydrogen) atoms. The molecule has 0 fully saturated rings. The maximum atomic E-state index is 12.2. The van der Waals surface area contributed by atoms with E-state index >= 15 is 0 Å². The maximum absolute atomic E-state index is 12.2. The van der Waals surface area contributed by atoms with Gasteiger partial charge < -0.3 is 10.5 Å². The van der Waals surface area contributed by atoms with Crippen LogP contribution >= 0.6 is 0 Å². The van der Waals surface area contributed by atoms with E-state index in [1.54, 1.807) is 0 Å². The van der Waals surface area contributed by atoms with Crippen molar-refractivity contribution < 1.29 is 13.2 Å². The first-order chi connectivity index (χ1) is 8.48. The SMILES string of the molecule is COCCN(CCC(=N)N)S(=O)(=O)c1ccn[nH]1. The van der Waals surface area contributed by atoms with E-state index in [-0.39, 0.29) is 37.0 Å². The van der Waals surface area contributed by atoms with E-state index in [2.05, 4.69) is 10.2 Å². The highest BCUT2D eigenvalue weighted by atomic mass is 32.2. The highest BCUT2D eigenvalue weighted by Gasteiger charge is 2.25. The lowest BCUT2D eigenvalue weighted by molar-refractivity contribution is 0.179. The predicted octanol–water partition coefficient (Wildman–Crippen LogP) is -0.627. The molecule has 0 unspecified atom stereocenters. The third-order valence-electron chi connectivity index (χ3n) is 2.27. The number of nitrogens with one attached hydrogen (secondary N) is 2. The van der Waals surface area contributed by atoms with Gasteiger partial charge in [0.15, 0.2) is 5.03 Å². The molecule has 1 heterocycles. The molecule has 8 nitrogen and oxygen atoms in total. The smallest absolute Gasteiger partial charge is 0.260 e. The van der Waals surface area contributed by atoms with Gasteiger partial charge in [0, 0.05) is 26.6 Å². The standard InChI is InChI=1S/C9H17N5O3S/c1-17-7-6-14(5-3-8(10)11)18(15,16)9-2-4-12-13-9/h2,4H,3,5-7H2,1H3,(H3,10,11)(H,12,13). The van der Waals surface area contributed by atoms with E-state index < -0.39 is 10.0 Å². The van der Waals surface area contributed by atoms with Crippen molar-refractivity contribution in [3.05, 3.63) is 12.3 Å². The Bertz CT molecular complexity index is 470. The van der Waals surface area contributed by atoms with Crippen LogP contribution in [-0.4, -0.2) is 55.6 Å². The fraction of sp³-hybridized carbons (Fsp3) is 0.556. The predicted molar refractivity (Wildman–Crippen MR) is 65.8 cm³/mol. The number of amidine groups is 1.